The number of para-hydroxylation sites is 1. The average molecular weight is 713 g/mol. The van der Waals surface area contributed by atoms with Gasteiger partial charge in [-0.1, -0.05) is 42.8 Å². The summed E-state index contributed by atoms with van der Waals surface area (Å²) in [5.74, 6) is -0.464. The number of nitrogens with one attached hydrogen (secondary N) is 1. The molecule has 2 bridgehead atoms. The number of nitrogens with two attached hydrogens (primary N) is 1. The summed E-state index contributed by atoms with van der Waals surface area (Å²) in [5, 5.41) is 1.41. The standard InChI is InChI=1S/C39H49ClN8O3/c1-3-25-16-24(18-32(40)36(25)41)17-26(38(50)46-14-8-27(9-15-46)47-23-29-20-30(47)22-44(29)2)19-35(49)45-12-10-28(11-13-45)48-34-21-42-33-7-5-4-6-31(33)37(34)43-39(48)51/h4-7,16,18,21,26-30H,3,8-15,17,19-20,22-23,41H2,1-2H3,(H,43,51)/t26-,29?,30?/m0/s1. The molecule has 0 aliphatic carbocycles. The van der Waals surface area contributed by atoms with Gasteiger partial charge in [0.1, 0.15) is 0 Å². The van der Waals surface area contributed by atoms with Crippen LogP contribution in [0.25, 0.3) is 21.9 Å². The van der Waals surface area contributed by atoms with E-state index in [1.807, 2.05) is 57.7 Å². The van der Waals surface area contributed by atoms with Crippen LogP contribution in [0.1, 0.15) is 62.6 Å². The SMILES string of the molecule is CCc1cc(C[C@@H](CC(=O)N2CCC(n3c(=O)[nH]c4c5ccccc5ncc43)CC2)C(=O)N2CCC(N3CC4CC3CN4C)CC2)cc(Cl)c1N. The lowest BCUT2D eigenvalue weighted by atomic mass is 9.91. The smallest absolute Gasteiger partial charge is 0.326 e. The molecule has 3 N–H and O–H groups in total. The number of imidazole rings is 1. The lowest BCUT2D eigenvalue weighted by molar-refractivity contribution is -0.143. The van der Waals surface area contributed by atoms with Crippen LogP contribution in [0.15, 0.2) is 47.4 Å². The molecule has 4 saturated heterocycles. The largest absolute Gasteiger partial charge is 0.397 e. The fraction of sp³-hybridized carbons (Fsp3) is 0.538. The highest BCUT2D eigenvalue weighted by molar-refractivity contribution is 6.33. The van der Waals surface area contributed by atoms with Gasteiger partial charge in [0.15, 0.2) is 0 Å². The minimum absolute atomic E-state index is 0.0184. The predicted molar refractivity (Wildman–Crippen MR) is 201 cm³/mol. The van der Waals surface area contributed by atoms with E-state index in [0.717, 1.165) is 78.5 Å². The third-order valence-corrected chi connectivity index (χ3v) is 12.7. The first-order chi connectivity index (χ1) is 24.7. The number of nitrogens with zero attached hydrogens (tertiary/aromatic N) is 6. The number of piperidine rings is 2. The second-order valence-electron chi connectivity index (χ2n) is 15.3. The Labute approximate surface area is 303 Å². The fourth-order valence-electron chi connectivity index (χ4n) is 9.50. The van der Waals surface area contributed by atoms with Crippen molar-refractivity contribution in [1.82, 2.24) is 34.1 Å². The van der Waals surface area contributed by atoms with Gasteiger partial charge in [-0.2, -0.15) is 0 Å². The zero-order chi connectivity index (χ0) is 35.4. The first-order valence-electron chi connectivity index (χ1n) is 18.8. The minimum atomic E-state index is -0.497. The molecule has 3 atom stereocenters. The number of halogens is 1. The molecule has 11 nitrogen and oxygen atoms in total. The number of likely N-dealkylation sites (N-methyl/N-ethyl adjacent to an activating group) is 1. The molecule has 0 spiro atoms. The van der Waals surface area contributed by atoms with Gasteiger partial charge in [0.05, 0.1) is 39.4 Å². The van der Waals surface area contributed by atoms with Crippen LogP contribution in [0.2, 0.25) is 5.02 Å². The Kier molecular flexibility index (Phi) is 9.31. The molecule has 6 heterocycles. The van der Waals surface area contributed by atoms with Crippen LogP contribution in [-0.2, 0) is 22.4 Å². The van der Waals surface area contributed by atoms with Crippen LogP contribution in [-0.4, -0.2) is 110 Å². The van der Waals surface area contributed by atoms with E-state index in [4.69, 9.17) is 17.3 Å². The second-order valence-corrected chi connectivity index (χ2v) is 15.7. The van der Waals surface area contributed by atoms with Crippen LogP contribution in [0, 0.1) is 5.92 Å². The lowest BCUT2D eigenvalue weighted by Gasteiger charge is -2.42. The van der Waals surface area contributed by atoms with E-state index in [-0.39, 0.29) is 30.0 Å². The number of fused-ring (bicyclic) bond motifs is 5. The number of hydrogen-bond acceptors (Lipinski definition) is 7. The highest BCUT2D eigenvalue weighted by Crippen LogP contribution is 2.35. The van der Waals surface area contributed by atoms with Gasteiger partial charge < -0.3 is 25.4 Å². The van der Waals surface area contributed by atoms with Crippen molar-refractivity contribution < 1.29 is 9.59 Å². The maximum Gasteiger partial charge on any atom is 0.326 e. The predicted octanol–water partition coefficient (Wildman–Crippen LogP) is 4.47. The second kappa shape index (κ2) is 13.9. The maximum atomic E-state index is 14.3. The van der Waals surface area contributed by atoms with Crippen molar-refractivity contribution in [3.05, 3.63) is 69.2 Å². The number of carbonyl (C=O) groups is 2. The summed E-state index contributed by atoms with van der Waals surface area (Å²) in [6, 6.07) is 13.5. The van der Waals surface area contributed by atoms with Crippen LogP contribution in [0.4, 0.5) is 5.69 Å². The van der Waals surface area contributed by atoms with Gasteiger partial charge in [0.2, 0.25) is 11.8 Å². The van der Waals surface area contributed by atoms with Gasteiger partial charge in [0.25, 0.3) is 0 Å². The Balaban J connectivity index is 0.956. The van der Waals surface area contributed by atoms with Crippen molar-refractivity contribution in [3.63, 3.8) is 0 Å². The fourth-order valence-corrected chi connectivity index (χ4v) is 9.76. The molecule has 4 fully saturated rings. The number of aromatic nitrogens is 3. The first-order valence-corrected chi connectivity index (χ1v) is 19.1. The van der Waals surface area contributed by atoms with Gasteiger partial charge in [-0.15, -0.1) is 0 Å². The number of piperazine rings is 1. The molecule has 2 unspecified atom stereocenters. The molecule has 51 heavy (non-hydrogen) atoms. The molecule has 2 aromatic heterocycles. The van der Waals surface area contributed by atoms with E-state index in [1.54, 1.807) is 6.20 Å². The van der Waals surface area contributed by atoms with Crippen molar-refractivity contribution in [2.24, 2.45) is 5.92 Å². The summed E-state index contributed by atoms with van der Waals surface area (Å²) in [6.07, 6.45) is 7.58. The van der Waals surface area contributed by atoms with Crippen molar-refractivity contribution in [2.75, 3.05) is 52.0 Å². The van der Waals surface area contributed by atoms with Crippen LogP contribution in [0.5, 0.6) is 0 Å². The highest BCUT2D eigenvalue weighted by Gasteiger charge is 2.45. The van der Waals surface area contributed by atoms with Crippen LogP contribution < -0.4 is 11.4 Å². The number of pyridine rings is 1. The van der Waals surface area contributed by atoms with Gasteiger partial charge in [-0.05, 0) is 75.3 Å². The zero-order valence-corrected chi connectivity index (χ0v) is 30.4. The summed E-state index contributed by atoms with van der Waals surface area (Å²) in [6.45, 7) is 6.80. The number of nitrogen functional groups attached to an aromatic ring is 1. The van der Waals surface area contributed by atoms with E-state index < -0.39 is 5.92 Å². The third kappa shape index (κ3) is 6.42. The van der Waals surface area contributed by atoms with Crippen molar-refractivity contribution >= 4 is 51.0 Å². The number of hydrogen-bond donors (Lipinski definition) is 2. The number of likely N-dealkylation sites (tertiary alicyclic amines) is 4. The number of aromatic amines is 1. The number of rotatable bonds is 8. The van der Waals surface area contributed by atoms with Crippen LogP contribution >= 0.6 is 11.6 Å². The third-order valence-electron chi connectivity index (χ3n) is 12.4. The molecule has 4 aliphatic heterocycles. The Morgan fingerprint density at radius 1 is 0.980 bits per heavy atom. The number of H-pyrrole nitrogens is 1. The number of anilines is 1. The highest BCUT2D eigenvalue weighted by atomic mass is 35.5. The molecular weight excluding hydrogens is 664 g/mol. The van der Waals surface area contributed by atoms with Crippen molar-refractivity contribution in [2.45, 2.75) is 82.5 Å². The molecule has 4 aromatic rings. The van der Waals surface area contributed by atoms with Crippen molar-refractivity contribution in [1.29, 1.82) is 0 Å². The Morgan fingerprint density at radius 3 is 2.41 bits per heavy atom. The number of benzene rings is 2. The zero-order valence-electron chi connectivity index (χ0n) is 29.7. The monoisotopic (exact) mass is 712 g/mol. The average Bonchev–Trinajstić information content (AvgIpc) is 3.84. The van der Waals surface area contributed by atoms with Gasteiger partial charge in [-0.3, -0.25) is 24.0 Å². The number of aryl methyl sites for hydroxylation is 1. The van der Waals surface area contributed by atoms with Crippen molar-refractivity contribution in [3.8, 4) is 0 Å². The van der Waals surface area contributed by atoms with Crippen LogP contribution in [0.3, 0.4) is 0 Å². The molecule has 12 heteroatoms. The molecule has 0 saturated carbocycles. The topological polar surface area (TPSA) is 124 Å². The summed E-state index contributed by atoms with van der Waals surface area (Å²) in [4.78, 5) is 58.2. The van der Waals surface area contributed by atoms with E-state index in [2.05, 4.69) is 26.8 Å². The van der Waals surface area contributed by atoms with E-state index in [1.165, 1.54) is 6.42 Å². The van der Waals surface area contributed by atoms with Gasteiger partial charge >= 0.3 is 5.69 Å². The number of amides is 2. The molecule has 4 aliphatic rings. The molecule has 2 amide bonds. The summed E-state index contributed by atoms with van der Waals surface area (Å²) < 4.78 is 1.81. The lowest BCUT2D eigenvalue weighted by Crippen LogP contribution is -2.54. The minimum Gasteiger partial charge on any atom is -0.397 e. The van der Waals surface area contributed by atoms with E-state index >= 15 is 0 Å². The first kappa shape index (κ1) is 34.2. The molecule has 270 valence electrons. The quantitative estimate of drug-likeness (QED) is 0.259. The normalized spacial score (nSPS) is 22.8. The van der Waals surface area contributed by atoms with Gasteiger partial charge in [0, 0.05) is 75.2 Å². The van der Waals surface area contributed by atoms with E-state index in [9.17, 15) is 14.4 Å². The Hall–Kier alpha value is -3.93. The Morgan fingerprint density at radius 2 is 1.71 bits per heavy atom. The maximum absolute atomic E-state index is 14.3. The van der Waals surface area contributed by atoms with Gasteiger partial charge in [-0.25, -0.2) is 4.79 Å². The summed E-state index contributed by atoms with van der Waals surface area (Å²) in [5.41, 5.74) is 11.0. The van der Waals surface area contributed by atoms with E-state index in [0.29, 0.717) is 61.2 Å². The molecule has 2 aromatic carbocycles. The summed E-state index contributed by atoms with van der Waals surface area (Å²) >= 11 is 6.55. The molecule has 8 rings (SSSR count). The molecule has 0 radical (unpaired) electrons. The Bertz CT molecular complexity index is 2010. The summed E-state index contributed by atoms with van der Waals surface area (Å²) in [7, 11) is 2.23. The number of carbonyl (C=O) groups excluding carboxylic acids is 2. The molecular formula is C39H49ClN8O3.